The van der Waals surface area contributed by atoms with Crippen molar-refractivity contribution in [3.05, 3.63) is 60.3 Å². The van der Waals surface area contributed by atoms with Crippen molar-refractivity contribution >= 4 is 11.7 Å². The van der Waals surface area contributed by atoms with Crippen molar-refractivity contribution in [2.24, 2.45) is 11.8 Å². The van der Waals surface area contributed by atoms with Crippen LogP contribution in [0.5, 0.6) is 0 Å². The maximum Gasteiger partial charge on any atom is 0.251 e. The minimum atomic E-state index is 0.0468. The van der Waals surface area contributed by atoms with E-state index < -0.39 is 0 Å². The summed E-state index contributed by atoms with van der Waals surface area (Å²) in [4.78, 5) is 24.6. The van der Waals surface area contributed by atoms with Gasteiger partial charge in [0.25, 0.3) is 5.91 Å². The third-order valence-corrected chi connectivity index (χ3v) is 7.39. The molecule has 1 aromatic heterocycles. The molecule has 5 heterocycles. The van der Waals surface area contributed by atoms with Gasteiger partial charge in [-0.2, -0.15) is 0 Å². The molecule has 0 spiro atoms. The summed E-state index contributed by atoms with van der Waals surface area (Å²) in [6.45, 7) is 8.70. The zero-order valence-corrected chi connectivity index (χ0v) is 18.2. The number of carbonyl (C=O) groups excluding carboxylic acids is 1. The monoisotopic (exact) mass is 419 g/mol. The Kier molecular flexibility index (Phi) is 6.18. The highest BCUT2D eigenvalue weighted by Gasteiger charge is 2.40. The zero-order valence-electron chi connectivity index (χ0n) is 18.2. The molecule has 6 heteroatoms. The number of pyridine rings is 1. The van der Waals surface area contributed by atoms with Crippen LogP contribution in [0.3, 0.4) is 0 Å². The van der Waals surface area contributed by atoms with Crippen molar-refractivity contribution in [3.8, 4) is 0 Å². The number of rotatable bonds is 6. The van der Waals surface area contributed by atoms with E-state index in [0.29, 0.717) is 6.04 Å². The molecule has 6 nitrogen and oxygen atoms in total. The van der Waals surface area contributed by atoms with Crippen molar-refractivity contribution in [2.45, 2.75) is 18.9 Å². The third kappa shape index (κ3) is 4.75. The van der Waals surface area contributed by atoms with E-state index >= 15 is 0 Å². The Bertz CT molecular complexity index is 853. The summed E-state index contributed by atoms with van der Waals surface area (Å²) in [5.41, 5.74) is 0.751. The minimum Gasteiger partial charge on any atom is -0.354 e. The summed E-state index contributed by atoms with van der Waals surface area (Å²) in [7, 11) is 0. The molecule has 164 valence electrons. The summed E-state index contributed by atoms with van der Waals surface area (Å²) < 4.78 is 0. The largest absolute Gasteiger partial charge is 0.354 e. The lowest BCUT2D eigenvalue weighted by Gasteiger charge is -2.51. The Labute approximate surface area is 185 Å². The van der Waals surface area contributed by atoms with Crippen LogP contribution in [0, 0.1) is 11.8 Å². The van der Waals surface area contributed by atoms with Crippen molar-refractivity contribution in [1.29, 1.82) is 0 Å². The number of fused-ring (bicyclic) bond motifs is 3. The second-order valence-electron chi connectivity index (χ2n) is 9.24. The lowest BCUT2D eigenvalue weighted by Crippen LogP contribution is -2.59. The molecule has 4 atom stereocenters. The van der Waals surface area contributed by atoms with Gasteiger partial charge in [-0.25, -0.2) is 4.98 Å². The number of piperazine rings is 1. The van der Waals surface area contributed by atoms with Crippen molar-refractivity contribution < 1.29 is 4.79 Å². The molecular weight excluding hydrogens is 386 g/mol. The van der Waals surface area contributed by atoms with E-state index in [2.05, 4.69) is 37.1 Å². The zero-order chi connectivity index (χ0) is 21.0. The molecule has 2 bridgehead atoms. The van der Waals surface area contributed by atoms with Gasteiger partial charge in [0, 0.05) is 63.6 Å². The Balaban J connectivity index is 1.09. The number of nitrogens with zero attached hydrogens (tertiary/aromatic N) is 4. The second kappa shape index (κ2) is 9.37. The summed E-state index contributed by atoms with van der Waals surface area (Å²) in [5.74, 6) is 2.70. The fourth-order valence-corrected chi connectivity index (χ4v) is 5.60. The van der Waals surface area contributed by atoms with Crippen LogP contribution in [0.15, 0.2) is 54.7 Å². The van der Waals surface area contributed by atoms with E-state index in [1.54, 1.807) is 0 Å². The van der Waals surface area contributed by atoms with Gasteiger partial charge in [-0.15, -0.1) is 0 Å². The Morgan fingerprint density at radius 1 is 1.00 bits per heavy atom. The van der Waals surface area contributed by atoms with E-state index in [9.17, 15) is 4.79 Å². The average molecular weight is 420 g/mol. The Morgan fingerprint density at radius 3 is 2.52 bits per heavy atom. The number of piperidine rings is 3. The molecule has 1 N–H and O–H groups in total. The van der Waals surface area contributed by atoms with Gasteiger partial charge in [0.15, 0.2) is 0 Å². The first-order valence-electron chi connectivity index (χ1n) is 11.7. The smallest absolute Gasteiger partial charge is 0.251 e. The van der Waals surface area contributed by atoms with Crippen LogP contribution in [0.25, 0.3) is 0 Å². The highest BCUT2D eigenvalue weighted by Crippen LogP contribution is 2.36. The third-order valence-electron chi connectivity index (χ3n) is 7.39. The molecule has 1 aromatic carbocycles. The number of benzene rings is 1. The van der Waals surface area contributed by atoms with Crippen LogP contribution in [0.1, 0.15) is 23.2 Å². The summed E-state index contributed by atoms with van der Waals surface area (Å²) in [5, 5.41) is 3.17. The van der Waals surface area contributed by atoms with Crippen LogP contribution in [0.2, 0.25) is 0 Å². The fraction of sp³-hybridized carbons (Fsp3) is 0.520. The van der Waals surface area contributed by atoms with Gasteiger partial charge in [-0.05, 0) is 55.5 Å². The highest BCUT2D eigenvalue weighted by molar-refractivity contribution is 5.94. The van der Waals surface area contributed by atoms with Gasteiger partial charge in [0.05, 0.1) is 0 Å². The number of hydrogen-bond acceptors (Lipinski definition) is 5. The maximum atomic E-state index is 12.4. The standard InChI is InChI=1S/C25H33N5O/c31-25(20-6-2-1-3-7-20)27-17-23-16-21-9-11-30(23)19-22(21)18-28-12-14-29(15-13-28)24-8-4-5-10-26-24/h1-8,10,21-23H,9,11-19H2,(H,27,31). The van der Waals surface area contributed by atoms with Crippen molar-refractivity contribution in [1.82, 2.24) is 20.1 Å². The summed E-state index contributed by atoms with van der Waals surface area (Å²) in [6, 6.07) is 16.2. The first kappa shape index (κ1) is 20.5. The quantitative estimate of drug-likeness (QED) is 0.779. The van der Waals surface area contributed by atoms with Gasteiger partial charge in [0.1, 0.15) is 5.82 Å². The van der Waals surface area contributed by atoms with Crippen molar-refractivity contribution in [3.63, 3.8) is 0 Å². The van der Waals surface area contributed by atoms with Gasteiger partial charge < -0.3 is 10.2 Å². The Morgan fingerprint density at radius 2 is 1.81 bits per heavy atom. The molecule has 4 fully saturated rings. The molecule has 4 unspecified atom stereocenters. The van der Waals surface area contributed by atoms with Gasteiger partial charge in [-0.1, -0.05) is 24.3 Å². The number of carbonyl (C=O) groups is 1. The minimum absolute atomic E-state index is 0.0468. The molecule has 0 radical (unpaired) electrons. The topological polar surface area (TPSA) is 51.7 Å². The predicted octanol–water partition coefficient (Wildman–Crippen LogP) is 2.34. The predicted molar refractivity (Wildman–Crippen MR) is 123 cm³/mol. The Hall–Kier alpha value is -2.44. The molecule has 0 aliphatic carbocycles. The van der Waals surface area contributed by atoms with E-state index in [1.165, 1.54) is 32.5 Å². The maximum absolute atomic E-state index is 12.4. The van der Waals surface area contributed by atoms with Crippen molar-refractivity contribution in [2.75, 3.05) is 57.3 Å². The van der Waals surface area contributed by atoms with Gasteiger partial charge >= 0.3 is 0 Å². The normalized spacial score (nSPS) is 28.5. The van der Waals surface area contributed by atoms with Crippen LogP contribution in [-0.4, -0.2) is 79.1 Å². The van der Waals surface area contributed by atoms with E-state index in [0.717, 1.165) is 55.9 Å². The summed E-state index contributed by atoms with van der Waals surface area (Å²) >= 11 is 0. The number of nitrogens with one attached hydrogen (secondary N) is 1. The highest BCUT2D eigenvalue weighted by atomic mass is 16.1. The molecule has 31 heavy (non-hydrogen) atoms. The molecule has 6 rings (SSSR count). The van der Waals surface area contributed by atoms with Crippen LogP contribution in [-0.2, 0) is 0 Å². The number of aromatic nitrogens is 1. The second-order valence-corrected chi connectivity index (χ2v) is 9.24. The first-order valence-corrected chi connectivity index (χ1v) is 11.7. The molecule has 4 aliphatic rings. The molecule has 1 amide bonds. The van der Waals surface area contributed by atoms with E-state index in [1.807, 2.05) is 42.6 Å². The van der Waals surface area contributed by atoms with Crippen LogP contribution < -0.4 is 10.2 Å². The van der Waals surface area contributed by atoms with Crippen LogP contribution in [0.4, 0.5) is 5.82 Å². The molecule has 4 saturated heterocycles. The van der Waals surface area contributed by atoms with Gasteiger partial charge in [-0.3, -0.25) is 14.6 Å². The lowest BCUT2D eigenvalue weighted by molar-refractivity contribution is -0.0120. The van der Waals surface area contributed by atoms with Crippen LogP contribution >= 0.6 is 0 Å². The van der Waals surface area contributed by atoms with E-state index in [4.69, 9.17) is 0 Å². The molecule has 4 aliphatic heterocycles. The first-order chi connectivity index (χ1) is 15.3. The van der Waals surface area contributed by atoms with Gasteiger partial charge in [0.2, 0.25) is 0 Å². The molecule has 0 saturated carbocycles. The van der Waals surface area contributed by atoms with E-state index in [-0.39, 0.29) is 5.91 Å². The fourth-order valence-electron chi connectivity index (χ4n) is 5.60. The average Bonchev–Trinajstić information content (AvgIpc) is 2.85. The number of hydrogen-bond donors (Lipinski definition) is 1. The molecular formula is C25H33N5O. The summed E-state index contributed by atoms with van der Waals surface area (Å²) in [6.07, 6.45) is 4.41. The molecule has 2 aromatic rings. The number of anilines is 1. The SMILES string of the molecule is O=C(NCC1CC2CCN1CC2CN1CCN(c2ccccn2)CC1)c1ccccc1. The lowest BCUT2D eigenvalue weighted by atomic mass is 9.75. The number of amides is 1.